The number of benzene rings is 1. The number of rotatable bonds is 4. The van der Waals surface area contributed by atoms with Crippen molar-refractivity contribution >= 4 is 0 Å². The van der Waals surface area contributed by atoms with Gasteiger partial charge >= 0.3 is 0 Å². The molecule has 2 atom stereocenters. The first-order valence-electron chi connectivity index (χ1n) is 7.82. The van der Waals surface area contributed by atoms with Crippen molar-refractivity contribution in [2.24, 2.45) is 11.7 Å². The van der Waals surface area contributed by atoms with Gasteiger partial charge in [0.25, 0.3) is 0 Å². The smallest absolute Gasteiger partial charge is 0.0455 e. The van der Waals surface area contributed by atoms with Crippen LogP contribution in [0.15, 0.2) is 30.3 Å². The number of likely N-dealkylation sites (N-methyl/N-ethyl adjacent to an activating group) is 1. The summed E-state index contributed by atoms with van der Waals surface area (Å²) in [7, 11) is 2.21. The molecule has 0 aromatic heterocycles. The average Bonchev–Trinajstić information content (AvgIpc) is 2.65. The normalized spacial score (nSPS) is 21.6. The third kappa shape index (κ3) is 3.81. The van der Waals surface area contributed by atoms with Gasteiger partial charge in [-0.2, -0.15) is 0 Å². The molecule has 1 aromatic carbocycles. The summed E-state index contributed by atoms with van der Waals surface area (Å²) in [6.07, 6.45) is 1.24. The lowest BCUT2D eigenvalue weighted by Crippen LogP contribution is -2.47. The van der Waals surface area contributed by atoms with Crippen molar-refractivity contribution in [2.75, 3.05) is 33.2 Å². The molecule has 0 spiro atoms. The predicted octanol–water partition coefficient (Wildman–Crippen LogP) is 2.35. The summed E-state index contributed by atoms with van der Waals surface area (Å²) in [4.78, 5) is 5.03. The van der Waals surface area contributed by atoms with E-state index in [9.17, 15) is 0 Å². The molecule has 2 N–H and O–H groups in total. The molecular weight excluding hydrogens is 246 g/mol. The van der Waals surface area contributed by atoms with E-state index in [-0.39, 0.29) is 6.04 Å². The van der Waals surface area contributed by atoms with Crippen LogP contribution < -0.4 is 5.73 Å². The van der Waals surface area contributed by atoms with Gasteiger partial charge in [0, 0.05) is 25.2 Å². The van der Waals surface area contributed by atoms with Gasteiger partial charge in [-0.25, -0.2) is 0 Å². The van der Waals surface area contributed by atoms with E-state index in [0.717, 1.165) is 19.6 Å². The van der Waals surface area contributed by atoms with E-state index in [4.69, 9.17) is 5.73 Å². The molecule has 2 rings (SSSR count). The monoisotopic (exact) mass is 275 g/mol. The summed E-state index contributed by atoms with van der Waals surface area (Å²) in [6.45, 7) is 9.21. The first-order valence-corrected chi connectivity index (χ1v) is 7.82. The second kappa shape index (κ2) is 7.21. The summed E-state index contributed by atoms with van der Waals surface area (Å²) >= 11 is 0. The summed E-state index contributed by atoms with van der Waals surface area (Å²) in [6, 6.07) is 11.1. The maximum Gasteiger partial charge on any atom is 0.0455 e. The van der Waals surface area contributed by atoms with Gasteiger partial charge in [0.15, 0.2) is 0 Å². The van der Waals surface area contributed by atoms with Crippen LogP contribution in [0.5, 0.6) is 0 Å². The second-order valence-corrected chi connectivity index (χ2v) is 6.36. The van der Waals surface area contributed by atoms with Crippen molar-refractivity contribution in [3.05, 3.63) is 35.9 Å². The fraction of sp³-hybridized carbons (Fsp3) is 0.647. The first kappa shape index (κ1) is 15.5. The molecule has 1 aliphatic heterocycles. The Morgan fingerprint density at radius 1 is 1.00 bits per heavy atom. The second-order valence-electron chi connectivity index (χ2n) is 6.36. The highest BCUT2D eigenvalue weighted by molar-refractivity contribution is 5.20. The van der Waals surface area contributed by atoms with Gasteiger partial charge in [-0.1, -0.05) is 44.2 Å². The molecule has 1 saturated heterocycles. The zero-order chi connectivity index (χ0) is 14.5. The Morgan fingerprint density at radius 3 is 2.35 bits per heavy atom. The van der Waals surface area contributed by atoms with Crippen LogP contribution in [-0.2, 0) is 0 Å². The minimum atomic E-state index is 0.0969. The first-order chi connectivity index (χ1) is 9.59. The van der Waals surface area contributed by atoms with Crippen LogP contribution in [0.1, 0.15) is 31.9 Å². The third-order valence-electron chi connectivity index (χ3n) is 4.41. The fourth-order valence-corrected chi connectivity index (χ4v) is 3.30. The van der Waals surface area contributed by atoms with Crippen molar-refractivity contribution < 1.29 is 0 Å². The highest BCUT2D eigenvalue weighted by Crippen LogP contribution is 2.25. The summed E-state index contributed by atoms with van der Waals surface area (Å²) in [5.74, 6) is 0.564. The highest BCUT2D eigenvalue weighted by Gasteiger charge is 2.29. The van der Waals surface area contributed by atoms with Gasteiger partial charge in [0.2, 0.25) is 0 Å². The van der Waals surface area contributed by atoms with E-state index in [1.807, 2.05) is 0 Å². The Labute approximate surface area is 123 Å². The highest BCUT2D eigenvalue weighted by atomic mass is 15.2. The van der Waals surface area contributed by atoms with E-state index >= 15 is 0 Å². The molecule has 20 heavy (non-hydrogen) atoms. The molecule has 0 aliphatic carbocycles. The Morgan fingerprint density at radius 2 is 1.70 bits per heavy atom. The van der Waals surface area contributed by atoms with E-state index in [2.05, 4.69) is 61.0 Å². The zero-order valence-corrected chi connectivity index (χ0v) is 13.1. The maximum atomic E-state index is 6.60. The van der Waals surface area contributed by atoms with E-state index in [1.165, 1.54) is 18.5 Å². The minimum absolute atomic E-state index is 0.0969. The van der Waals surface area contributed by atoms with Gasteiger partial charge in [-0.3, -0.25) is 4.90 Å². The van der Waals surface area contributed by atoms with Crippen LogP contribution in [0.4, 0.5) is 0 Å². The summed E-state index contributed by atoms with van der Waals surface area (Å²) in [5, 5.41) is 0. The lowest BCUT2D eigenvalue weighted by atomic mass is 9.90. The standard InChI is InChI=1S/C17H29N3/c1-14(2)17(16(18)15-8-5-4-6-9-15)20-11-7-10-19(3)12-13-20/h4-6,8-9,14,16-17H,7,10-13,18H2,1-3H3. The van der Waals surface area contributed by atoms with Crippen molar-refractivity contribution in [3.8, 4) is 0 Å². The summed E-state index contributed by atoms with van der Waals surface area (Å²) in [5.41, 5.74) is 7.85. The van der Waals surface area contributed by atoms with E-state index < -0.39 is 0 Å². The van der Waals surface area contributed by atoms with Crippen LogP contribution in [0.2, 0.25) is 0 Å². The topological polar surface area (TPSA) is 32.5 Å². The third-order valence-corrected chi connectivity index (χ3v) is 4.41. The largest absolute Gasteiger partial charge is 0.323 e. The zero-order valence-electron chi connectivity index (χ0n) is 13.1. The van der Waals surface area contributed by atoms with Gasteiger partial charge in [-0.15, -0.1) is 0 Å². The number of nitrogens with zero attached hydrogens (tertiary/aromatic N) is 2. The Kier molecular flexibility index (Phi) is 5.58. The SMILES string of the molecule is CC(C)C(C(N)c1ccccc1)N1CCCN(C)CC1. The molecule has 3 nitrogen and oxygen atoms in total. The molecule has 112 valence electrons. The van der Waals surface area contributed by atoms with Crippen LogP contribution >= 0.6 is 0 Å². The molecule has 1 heterocycles. The molecule has 1 aromatic rings. The van der Waals surface area contributed by atoms with Crippen molar-refractivity contribution in [1.82, 2.24) is 9.80 Å². The lowest BCUT2D eigenvalue weighted by Gasteiger charge is -2.37. The molecule has 1 fully saturated rings. The van der Waals surface area contributed by atoms with E-state index in [1.54, 1.807) is 0 Å². The molecule has 3 heteroatoms. The minimum Gasteiger partial charge on any atom is -0.323 e. The molecule has 2 unspecified atom stereocenters. The number of hydrogen-bond donors (Lipinski definition) is 1. The number of hydrogen-bond acceptors (Lipinski definition) is 3. The fourth-order valence-electron chi connectivity index (χ4n) is 3.30. The quantitative estimate of drug-likeness (QED) is 0.915. The molecule has 0 bridgehead atoms. The van der Waals surface area contributed by atoms with Gasteiger partial charge in [0.1, 0.15) is 0 Å². The van der Waals surface area contributed by atoms with Crippen LogP contribution in [0.3, 0.4) is 0 Å². The van der Waals surface area contributed by atoms with Crippen LogP contribution in [0.25, 0.3) is 0 Å². The van der Waals surface area contributed by atoms with Crippen molar-refractivity contribution in [1.29, 1.82) is 0 Å². The predicted molar refractivity (Wildman–Crippen MR) is 85.7 cm³/mol. The van der Waals surface area contributed by atoms with Gasteiger partial charge in [0.05, 0.1) is 0 Å². The average molecular weight is 275 g/mol. The Balaban J connectivity index is 2.14. The maximum absolute atomic E-state index is 6.60. The summed E-state index contributed by atoms with van der Waals surface area (Å²) < 4.78 is 0. The molecule has 0 saturated carbocycles. The van der Waals surface area contributed by atoms with Crippen LogP contribution in [0, 0.1) is 5.92 Å². The molecule has 0 amide bonds. The molecular formula is C17H29N3. The molecule has 1 aliphatic rings. The Hall–Kier alpha value is -0.900. The van der Waals surface area contributed by atoms with Gasteiger partial charge < -0.3 is 10.6 Å². The van der Waals surface area contributed by atoms with Crippen molar-refractivity contribution in [3.63, 3.8) is 0 Å². The molecule has 0 radical (unpaired) electrons. The number of nitrogens with two attached hydrogens (primary N) is 1. The Bertz CT molecular complexity index is 390. The van der Waals surface area contributed by atoms with Crippen molar-refractivity contribution in [2.45, 2.75) is 32.4 Å². The lowest BCUT2D eigenvalue weighted by molar-refractivity contribution is 0.135. The van der Waals surface area contributed by atoms with E-state index in [0.29, 0.717) is 12.0 Å². The van der Waals surface area contributed by atoms with Gasteiger partial charge in [-0.05, 0) is 38.0 Å². The van der Waals surface area contributed by atoms with Crippen LogP contribution in [-0.4, -0.2) is 49.1 Å².